The van der Waals surface area contributed by atoms with Crippen LogP contribution >= 0.6 is 0 Å². The third kappa shape index (κ3) is 4.60. The minimum Gasteiger partial charge on any atom is -0.381 e. The van der Waals surface area contributed by atoms with Crippen LogP contribution in [0.3, 0.4) is 0 Å². The van der Waals surface area contributed by atoms with Crippen LogP contribution in [0.2, 0.25) is 0 Å². The average molecular weight is 424 g/mol. The number of halogens is 3. The van der Waals surface area contributed by atoms with Crippen LogP contribution < -0.4 is 5.32 Å². The standard InChI is InChI=1S/C19H19F3N4O2S/c1-26(2)29(27,28)17-9-7-16(8-10-17)23-11-14-12-24-25-18(14)13-3-5-15(6-4-13)19(20,21)22/h3-10,12,23H,11H2,1-2H3,(H,24,25). The van der Waals surface area contributed by atoms with Crippen molar-refractivity contribution in [3.8, 4) is 11.3 Å². The summed E-state index contributed by atoms with van der Waals surface area (Å²) in [4.78, 5) is 0.182. The number of anilines is 1. The van der Waals surface area contributed by atoms with E-state index in [4.69, 9.17) is 0 Å². The van der Waals surface area contributed by atoms with E-state index in [2.05, 4.69) is 15.5 Å². The zero-order valence-electron chi connectivity index (χ0n) is 15.7. The second-order valence-electron chi connectivity index (χ2n) is 6.50. The topological polar surface area (TPSA) is 78.1 Å². The van der Waals surface area contributed by atoms with Gasteiger partial charge in [0.1, 0.15) is 0 Å². The highest BCUT2D eigenvalue weighted by Gasteiger charge is 2.30. The Morgan fingerprint density at radius 1 is 1.03 bits per heavy atom. The molecule has 1 heterocycles. The Bertz CT molecular complexity index is 1070. The number of sulfonamides is 1. The molecule has 2 N–H and O–H groups in total. The molecule has 0 aliphatic rings. The number of nitrogens with one attached hydrogen (secondary N) is 2. The normalized spacial score (nSPS) is 12.3. The second kappa shape index (κ2) is 7.88. The molecule has 0 fully saturated rings. The highest BCUT2D eigenvalue weighted by atomic mass is 32.2. The molecule has 6 nitrogen and oxygen atoms in total. The van der Waals surface area contributed by atoms with E-state index >= 15 is 0 Å². The summed E-state index contributed by atoms with van der Waals surface area (Å²) >= 11 is 0. The van der Waals surface area contributed by atoms with Crippen molar-refractivity contribution in [3.05, 3.63) is 65.9 Å². The smallest absolute Gasteiger partial charge is 0.381 e. The van der Waals surface area contributed by atoms with Crippen molar-refractivity contribution in [1.29, 1.82) is 0 Å². The fourth-order valence-electron chi connectivity index (χ4n) is 2.67. The third-order valence-corrected chi connectivity index (χ3v) is 6.15. The zero-order valence-corrected chi connectivity index (χ0v) is 16.5. The molecule has 10 heteroatoms. The third-order valence-electron chi connectivity index (χ3n) is 4.32. The lowest BCUT2D eigenvalue weighted by Crippen LogP contribution is -2.22. The zero-order chi connectivity index (χ0) is 21.2. The fraction of sp³-hybridized carbons (Fsp3) is 0.211. The van der Waals surface area contributed by atoms with Crippen LogP contribution in [0.4, 0.5) is 18.9 Å². The van der Waals surface area contributed by atoms with Gasteiger partial charge in [-0.1, -0.05) is 12.1 Å². The summed E-state index contributed by atoms with van der Waals surface area (Å²) in [6, 6.07) is 11.1. The molecule has 0 unspecified atom stereocenters. The first-order valence-corrected chi connectivity index (χ1v) is 10.00. The number of hydrogen-bond acceptors (Lipinski definition) is 4. The van der Waals surface area contributed by atoms with E-state index < -0.39 is 21.8 Å². The average Bonchev–Trinajstić information content (AvgIpc) is 3.14. The number of H-pyrrole nitrogens is 1. The van der Waals surface area contributed by atoms with Crippen LogP contribution in [-0.4, -0.2) is 37.0 Å². The van der Waals surface area contributed by atoms with E-state index in [-0.39, 0.29) is 4.90 Å². The molecular weight excluding hydrogens is 405 g/mol. The van der Waals surface area contributed by atoms with Crippen molar-refractivity contribution in [3.63, 3.8) is 0 Å². The SMILES string of the molecule is CN(C)S(=O)(=O)c1ccc(NCc2c[nH]nc2-c2ccc(C(F)(F)F)cc2)cc1. The van der Waals surface area contributed by atoms with E-state index in [9.17, 15) is 21.6 Å². The number of aromatic amines is 1. The first-order valence-electron chi connectivity index (χ1n) is 8.56. The van der Waals surface area contributed by atoms with Crippen molar-refractivity contribution in [2.45, 2.75) is 17.6 Å². The Kier molecular flexibility index (Phi) is 5.67. The Balaban J connectivity index is 1.73. The molecule has 0 spiro atoms. The summed E-state index contributed by atoms with van der Waals surface area (Å²) in [7, 11) is -0.575. The number of rotatable bonds is 6. The number of hydrogen-bond donors (Lipinski definition) is 2. The number of benzene rings is 2. The van der Waals surface area contributed by atoms with Crippen LogP contribution in [0.15, 0.2) is 59.6 Å². The van der Waals surface area contributed by atoms with Gasteiger partial charge in [-0.25, -0.2) is 12.7 Å². The minimum absolute atomic E-state index is 0.182. The molecule has 0 radical (unpaired) electrons. The van der Waals surface area contributed by atoms with Crippen LogP contribution in [0.1, 0.15) is 11.1 Å². The van der Waals surface area contributed by atoms with Crippen molar-refractivity contribution < 1.29 is 21.6 Å². The number of alkyl halides is 3. The van der Waals surface area contributed by atoms with E-state index in [0.717, 1.165) is 22.0 Å². The molecule has 3 aromatic rings. The lowest BCUT2D eigenvalue weighted by Gasteiger charge is -2.12. The fourth-order valence-corrected chi connectivity index (χ4v) is 3.57. The van der Waals surface area contributed by atoms with Crippen LogP contribution in [0.5, 0.6) is 0 Å². The van der Waals surface area contributed by atoms with Crippen molar-refractivity contribution in [1.82, 2.24) is 14.5 Å². The van der Waals surface area contributed by atoms with E-state index in [1.165, 1.54) is 38.4 Å². The summed E-state index contributed by atoms with van der Waals surface area (Å²) < 4.78 is 63.5. The summed E-state index contributed by atoms with van der Waals surface area (Å²) in [5.74, 6) is 0. The predicted octanol–water partition coefficient (Wildman–Crippen LogP) is 3.96. The molecule has 0 bridgehead atoms. The summed E-state index contributed by atoms with van der Waals surface area (Å²) in [5, 5.41) is 10.00. The van der Waals surface area contributed by atoms with Crippen molar-refractivity contribution in [2.24, 2.45) is 0 Å². The Morgan fingerprint density at radius 3 is 2.21 bits per heavy atom. The lowest BCUT2D eigenvalue weighted by molar-refractivity contribution is -0.137. The van der Waals surface area contributed by atoms with Gasteiger partial charge in [-0.3, -0.25) is 5.10 Å². The predicted molar refractivity (Wildman–Crippen MR) is 104 cm³/mol. The largest absolute Gasteiger partial charge is 0.416 e. The maximum atomic E-state index is 12.7. The molecule has 0 saturated heterocycles. The van der Waals surface area contributed by atoms with Gasteiger partial charge in [0.15, 0.2) is 0 Å². The second-order valence-corrected chi connectivity index (χ2v) is 8.65. The maximum absolute atomic E-state index is 12.7. The monoisotopic (exact) mass is 424 g/mol. The van der Waals surface area contributed by atoms with E-state index in [1.54, 1.807) is 18.3 Å². The van der Waals surface area contributed by atoms with Gasteiger partial charge in [0.05, 0.1) is 16.2 Å². The minimum atomic E-state index is -4.39. The molecule has 0 aliphatic heterocycles. The molecule has 0 aliphatic carbocycles. The molecule has 154 valence electrons. The molecule has 0 amide bonds. The van der Waals surface area contributed by atoms with Gasteiger partial charge in [0, 0.05) is 43.7 Å². The molecule has 29 heavy (non-hydrogen) atoms. The summed E-state index contributed by atoms with van der Waals surface area (Å²) in [6.07, 6.45) is -2.73. The van der Waals surface area contributed by atoms with Crippen molar-refractivity contribution >= 4 is 15.7 Å². The van der Waals surface area contributed by atoms with E-state index in [0.29, 0.717) is 23.5 Å². The molecule has 3 rings (SSSR count). The molecule has 0 atom stereocenters. The first kappa shape index (κ1) is 20.9. The van der Waals surface area contributed by atoms with Gasteiger partial charge < -0.3 is 5.32 Å². The van der Waals surface area contributed by atoms with Crippen molar-refractivity contribution in [2.75, 3.05) is 19.4 Å². The Morgan fingerprint density at radius 2 is 1.66 bits per heavy atom. The number of nitrogens with zero attached hydrogens (tertiary/aromatic N) is 2. The maximum Gasteiger partial charge on any atom is 0.416 e. The van der Waals surface area contributed by atoms with Crippen LogP contribution in [-0.2, 0) is 22.7 Å². The lowest BCUT2D eigenvalue weighted by atomic mass is 10.1. The van der Waals surface area contributed by atoms with Gasteiger partial charge >= 0.3 is 6.18 Å². The molecule has 0 saturated carbocycles. The van der Waals surface area contributed by atoms with Crippen LogP contribution in [0, 0.1) is 0 Å². The van der Waals surface area contributed by atoms with Gasteiger partial charge in [0.2, 0.25) is 10.0 Å². The highest BCUT2D eigenvalue weighted by molar-refractivity contribution is 7.89. The van der Waals surface area contributed by atoms with Gasteiger partial charge in [-0.15, -0.1) is 0 Å². The van der Waals surface area contributed by atoms with Gasteiger partial charge in [-0.2, -0.15) is 18.3 Å². The molecule has 2 aromatic carbocycles. The highest BCUT2D eigenvalue weighted by Crippen LogP contribution is 2.31. The molecular formula is C19H19F3N4O2S. The van der Waals surface area contributed by atoms with Gasteiger partial charge in [-0.05, 0) is 36.4 Å². The summed E-state index contributed by atoms with van der Waals surface area (Å²) in [6.45, 7) is 0.354. The van der Waals surface area contributed by atoms with E-state index in [1.807, 2.05) is 0 Å². The molecule has 1 aromatic heterocycles. The quantitative estimate of drug-likeness (QED) is 0.628. The summed E-state index contributed by atoms with van der Waals surface area (Å²) in [5.41, 5.74) is 1.84. The van der Waals surface area contributed by atoms with Gasteiger partial charge in [0.25, 0.3) is 0 Å². The Hall–Kier alpha value is -2.85. The number of aromatic nitrogens is 2. The van der Waals surface area contributed by atoms with Crippen LogP contribution in [0.25, 0.3) is 11.3 Å². The first-order chi connectivity index (χ1) is 13.6. The Labute approximate surface area is 166 Å².